The Hall–Kier alpha value is -1.55. The van der Waals surface area contributed by atoms with E-state index in [1.54, 1.807) is 0 Å². The zero-order valence-electron chi connectivity index (χ0n) is 15.1. The maximum atomic E-state index is 12.8. The van der Waals surface area contributed by atoms with Gasteiger partial charge in [0.05, 0.1) is 18.3 Å². The van der Waals surface area contributed by atoms with E-state index in [-0.39, 0.29) is 17.9 Å². The van der Waals surface area contributed by atoms with Crippen molar-refractivity contribution in [3.63, 3.8) is 0 Å². The van der Waals surface area contributed by atoms with Crippen molar-refractivity contribution in [3.05, 3.63) is 23.8 Å². The largest absolute Gasteiger partial charge is 0.486 e. The van der Waals surface area contributed by atoms with E-state index in [1.807, 2.05) is 25.1 Å². The summed E-state index contributed by atoms with van der Waals surface area (Å²) in [4.78, 5) is 12.8. The highest BCUT2D eigenvalue weighted by molar-refractivity contribution is 6.01. The first-order chi connectivity index (χ1) is 11.6. The van der Waals surface area contributed by atoms with Gasteiger partial charge in [-0.1, -0.05) is 26.7 Å². The molecule has 0 radical (unpaired) electrons. The highest BCUT2D eigenvalue weighted by Crippen LogP contribution is 2.31. The number of benzene rings is 1. The Kier molecular flexibility index (Phi) is 5.44. The molecule has 0 amide bonds. The van der Waals surface area contributed by atoms with Crippen molar-refractivity contribution in [3.8, 4) is 5.75 Å². The Morgan fingerprint density at radius 2 is 2.17 bits per heavy atom. The fourth-order valence-corrected chi connectivity index (χ4v) is 3.81. The highest BCUT2D eigenvalue weighted by atomic mass is 16.5. The van der Waals surface area contributed by atoms with Gasteiger partial charge in [0.25, 0.3) is 0 Å². The average molecular weight is 330 g/mol. The number of carbonyl (C=O) groups excluding carboxylic acids is 1. The van der Waals surface area contributed by atoms with Crippen LogP contribution in [0.4, 0.5) is 5.69 Å². The molecule has 0 bridgehead atoms. The molecule has 1 heterocycles. The van der Waals surface area contributed by atoms with E-state index >= 15 is 0 Å². The summed E-state index contributed by atoms with van der Waals surface area (Å²) < 4.78 is 5.92. The second-order valence-corrected chi connectivity index (χ2v) is 7.36. The van der Waals surface area contributed by atoms with Crippen molar-refractivity contribution in [2.75, 3.05) is 11.9 Å². The van der Waals surface area contributed by atoms with Gasteiger partial charge >= 0.3 is 0 Å². The molecule has 2 aliphatic rings. The third-order valence-corrected chi connectivity index (χ3v) is 5.50. The van der Waals surface area contributed by atoms with E-state index in [0.717, 1.165) is 30.0 Å². The van der Waals surface area contributed by atoms with Crippen molar-refractivity contribution in [2.45, 2.75) is 71.1 Å². The Morgan fingerprint density at radius 3 is 2.92 bits per heavy atom. The van der Waals surface area contributed by atoms with Crippen LogP contribution in [0.5, 0.6) is 5.75 Å². The second kappa shape index (κ2) is 7.56. The molecule has 1 aromatic rings. The number of fused-ring (bicyclic) bond motifs is 1. The number of ether oxygens (including phenoxy) is 1. The van der Waals surface area contributed by atoms with Crippen molar-refractivity contribution in [1.29, 1.82) is 0 Å². The van der Waals surface area contributed by atoms with Crippen molar-refractivity contribution >= 4 is 11.5 Å². The number of Topliss-reactive ketones (excluding diaryl/α,β-unsaturated/α-hetero) is 1. The highest BCUT2D eigenvalue weighted by Gasteiger charge is 2.26. The maximum absolute atomic E-state index is 12.8. The summed E-state index contributed by atoms with van der Waals surface area (Å²) in [6, 6.07) is 6.06. The fraction of sp³-hybridized carbons (Fsp3) is 0.650. The van der Waals surface area contributed by atoms with Crippen LogP contribution in [-0.2, 0) is 0 Å². The Labute approximate surface area is 145 Å². The molecule has 4 unspecified atom stereocenters. The summed E-state index contributed by atoms with van der Waals surface area (Å²) in [5.41, 5.74) is 1.69. The average Bonchev–Trinajstić information content (AvgIpc) is 2.62. The SMILES string of the molecule is CCC1CNc2cc(C(=O)C(C)NC3CCCCC3C)ccc2O1. The first-order valence-corrected chi connectivity index (χ1v) is 9.43. The lowest BCUT2D eigenvalue weighted by atomic mass is 9.85. The molecule has 1 aliphatic carbocycles. The summed E-state index contributed by atoms with van der Waals surface area (Å²) in [5, 5.41) is 6.95. The number of ketones is 1. The van der Waals surface area contributed by atoms with Crippen molar-refractivity contribution in [1.82, 2.24) is 5.32 Å². The van der Waals surface area contributed by atoms with Gasteiger partial charge < -0.3 is 15.4 Å². The third-order valence-electron chi connectivity index (χ3n) is 5.50. The summed E-state index contributed by atoms with van der Waals surface area (Å²) in [5.74, 6) is 1.67. The monoisotopic (exact) mass is 330 g/mol. The lowest BCUT2D eigenvalue weighted by molar-refractivity contribution is 0.0932. The molecule has 0 saturated heterocycles. The number of hydrogen-bond acceptors (Lipinski definition) is 4. The van der Waals surface area contributed by atoms with Crippen molar-refractivity contribution < 1.29 is 9.53 Å². The Bertz CT molecular complexity index is 587. The smallest absolute Gasteiger partial charge is 0.179 e. The summed E-state index contributed by atoms with van der Waals surface area (Å²) in [6.45, 7) is 7.20. The quantitative estimate of drug-likeness (QED) is 0.801. The van der Waals surface area contributed by atoms with Gasteiger partial charge in [0, 0.05) is 11.6 Å². The number of rotatable bonds is 5. The maximum Gasteiger partial charge on any atom is 0.179 e. The van der Waals surface area contributed by atoms with Gasteiger partial charge in [-0.2, -0.15) is 0 Å². The number of carbonyl (C=O) groups is 1. The van der Waals surface area contributed by atoms with E-state index in [0.29, 0.717) is 12.0 Å². The topological polar surface area (TPSA) is 50.4 Å². The Morgan fingerprint density at radius 1 is 1.38 bits per heavy atom. The molecule has 4 nitrogen and oxygen atoms in total. The van der Waals surface area contributed by atoms with Crippen LogP contribution < -0.4 is 15.4 Å². The molecule has 4 heteroatoms. The Balaban J connectivity index is 1.66. The summed E-state index contributed by atoms with van der Waals surface area (Å²) >= 11 is 0. The molecule has 4 atom stereocenters. The second-order valence-electron chi connectivity index (χ2n) is 7.36. The molecule has 0 aromatic heterocycles. The van der Waals surface area contributed by atoms with Crippen LogP contribution in [0.3, 0.4) is 0 Å². The van der Waals surface area contributed by atoms with Gasteiger partial charge in [-0.3, -0.25) is 4.79 Å². The van der Waals surface area contributed by atoms with Crippen LogP contribution in [0.1, 0.15) is 63.2 Å². The van der Waals surface area contributed by atoms with E-state index < -0.39 is 0 Å². The first-order valence-electron chi connectivity index (χ1n) is 9.43. The fourth-order valence-electron chi connectivity index (χ4n) is 3.81. The van der Waals surface area contributed by atoms with Gasteiger partial charge in [-0.15, -0.1) is 0 Å². The third kappa shape index (κ3) is 3.75. The molecule has 1 saturated carbocycles. The van der Waals surface area contributed by atoms with Crippen LogP contribution in [0.15, 0.2) is 18.2 Å². The zero-order valence-corrected chi connectivity index (χ0v) is 15.1. The molecular weight excluding hydrogens is 300 g/mol. The first kappa shape index (κ1) is 17.3. The van der Waals surface area contributed by atoms with Gasteiger partial charge in [-0.25, -0.2) is 0 Å². The van der Waals surface area contributed by atoms with E-state index in [9.17, 15) is 4.79 Å². The minimum Gasteiger partial charge on any atom is -0.486 e. The molecule has 1 fully saturated rings. The summed E-state index contributed by atoms with van der Waals surface area (Å²) in [7, 11) is 0. The molecule has 132 valence electrons. The van der Waals surface area contributed by atoms with Crippen LogP contribution in [0.2, 0.25) is 0 Å². The minimum atomic E-state index is -0.151. The lowest BCUT2D eigenvalue weighted by Crippen LogP contribution is -2.45. The van der Waals surface area contributed by atoms with E-state index in [2.05, 4.69) is 24.5 Å². The number of hydrogen-bond donors (Lipinski definition) is 2. The van der Waals surface area contributed by atoms with Crippen LogP contribution in [0.25, 0.3) is 0 Å². The number of nitrogens with one attached hydrogen (secondary N) is 2. The molecule has 2 N–H and O–H groups in total. The molecule has 1 aromatic carbocycles. The normalized spacial score (nSPS) is 27.5. The van der Waals surface area contributed by atoms with Gasteiger partial charge in [0.1, 0.15) is 11.9 Å². The predicted octanol–water partition coefficient (Wildman–Crippen LogP) is 4.01. The molecule has 3 rings (SSSR count). The molecule has 0 spiro atoms. The van der Waals surface area contributed by atoms with Gasteiger partial charge in [0.2, 0.25) is 0 Å². The van der Waals surface area contributed by atoms with E-state index in [1.165, 1.54) is 25.7 Å². The van der Waals surface area contributed by atoms with Crippen LogP contribution in [0, 0.1) is 5.92 Å². The lowest BCUT2D eigenvalue weighted by Gasteiger charge is -2.32. The molecular formula is C20H30N2O2. The van der Waals surface area contributed by atoms with Crippen LogP contribution in [-0.4, -0.2) is 30.5 Å². The van der Waals surface area contributed by atoms with Gasteiger partial charge in [0.15, 0.2) is 5.78 Å². The van der Waals surface area contributed by atoms with Crippen molar-refractivity contribution in [2.24, 2.45) is 5.92 Å². The van der Waals surface area contributed by atoms with Crippen LogP contribution >= 0.6 is 0 Å². The summed E-state index contributed by atoms with van der Waals surface area (Å²) in [6.07, 6.45) is 6.22. The molecule has 1 aliphatic heterocycles. The van der Waals surface area contributed by atoms with E-state index in [4.69, 9.17) is 4.74 Å². The predicted molar refractivity (Wildman–Crippen MR) is 98.0 cm³/mol. The molecule has 24 heavy (non-hydrogen) atoms. The number of anilines is 1. The van der Waals surface area contributed by atoms with Gasteiger partial charge in [-0.05, 0) is 50.3 Å². The zero-order chi connectivity index (χ0) is 17.1. The standard InChI is InChI=1S/C20H30N2O2/c1-4-16-12-21-18-11-15(9-10-19(18)24-16)20(23)14(3)22-17-8-6-5-7-13(17)2/h9-11,13-14,16-17,21-22H,4-8,12H2,1-3H3. The minimum absolute atomic E-state index is 0.151.